The molecule has 0 spiro atoms. The number of ether oxygens (including phenoxy) is 2. The van der Waals surface area contributed by atoms with Crippen molar-refractivity contribution in [1.29, 1.82) is 0 Å². The maximum Gasteiger partial charge on any atom is 0.340 e. The van der Waals surface area contributed by atoms with Gasteiger partial charge in [-0.3, -0.25) is 0 Å². The SMILES string of the molecule is COc1cc(C(=O)O)c([S+]2c3ccc(C4CCCCC4)cc3Oc3cc(C4CCCCC4)ccc32)cc1C. The number of benzene rings is 3. The van der Waals surface area contributed by atoms with Gasteiger partial charge in [0.2, 0.25) is 9.79 Å². The summed E-state index contributed by atoms with van der Waals surface area (Å²) in [4.78, 5) is 15.5. The molecular weight excluding hydrogens is 492 g/mol. The van der Waals surface area contributed by atoms with Gasteiger partial charge in [-0.2, -0.15) is 0 Å². The summed E-state index contributed by atoms with van der Waals surface area (Å²) in [5.74, 6) is 2.59. The Hall–Kier alpha value is -2.92. The normalized spacial score (nSPS) is 18.4. The fourth-order valence-corrected chi connectivity index (χ4v) is 9.00. The van der Waals surface area contributed by atoms with Crippen LogP contribution in [-0.4, -0.2) is 18.2 Å². The maximum atomic E-state index is 12.5. The highest BCUT2D eigenvalue weighted by Gasteiger charge is 2.43. The first-order valence-corrected chi connectivity index (χ1v) is 15.4. The molecule has 6 rings (SSSR count). The first-order valence-electron chi connectivity index (χ1n) is 14.2. The first kappa shape index (κ1) is 25.4. The summed E-state index contributed by atoms with van der Waals surface area (Å²) in [6, 6.07) is 17.1. The Labute approximate surface area is 228 Å². The minimum Gasteiger partial charge on any atom is -0.496 e. The van der Waals surface area contributed by atoms with Crippen LogP contribution in [0.2, 0.25) is 0 Å². The third-order valence-electron chi connectivity index (χ3n) is 8.70. The molecule has 0 atom stereocenters. The van der Waals surface area contributed by atoms with E-state index in [0.29, 0.717) is 23.1 Å². The summed E-state index contributed by atoms with van der Waals surface area (Å²) in [5, 5.41) is 10.2. The van der Waals surface area contributed by atoms with Crippen molar-refractivity contribution in [1.82, 2.24) is 0 Å². The average Bonchev–Trinajstić information content (AvgIpc) is 2.96. The van der Waals surface area contributed by atoms with Crippen molar-refractivity contribution in [2.24, 2.45) is 0 Å². The summed E-state index contributed by atoms with van der Waals surface area (Å²) < 4.78 is 12.2. The lowest BCUT2D eigenvalue weighted by atomic mass is 9.84. The van der Waals surface area contributed by atoms with Crippen molar-refractivity contribution in [3.05, 3.63) is 70.8 Å². The van der Waals surface area contributed by atoms with Crippen LogP contribution in [0.25, 0.3) is 0 Å². The van der Waals surface area contributed by atoms with Gasteiger partial charge >= 0.3 is 5.97 Å². The lowest BCUT2D eigenvalue weighted by molar-refractivity contribution is 0.0692. The molecule has 198 valence electrons. The average molecular weight is 530 g/mol. The fraction of sp³-hybridized carbons (Fsp3) is 0.424. The third-order valence-corrected chi connectivity index (χ3v) is 11.0. The van der Waals surface area contributed by atoms with E-state index < -0.39 is 16.9 Å². The number of fused-ring (bicyclic) bond motifs is 2. The Balaban J connectivity index is 1.50. The minimum absolute atomic E-state index is 0.294. The summed E-state index contributed by atoms with van der Waals surface area (Å²) in [6.07, 6.45) is 12.7. The van der Waals surface area contributed by atoms with Gasteiger partial charge in [-0.15, -0.1) is 0 Å². The van der Waals surface area contributed by atoms with Crippen molar-refractivity contribution in [3.8, 4) is 17.2 Å². The van der Waals surface area contributed by atoms with Crippen LogP contribution < -0.4 is 9.47 Å². The molecule has 0 amide bonds. The minimum atomic E-state index is -0.932. The topological polar surface area (TPSA) is 55.8 Å². The summed E-state index contributed by atoms with van der Waals surface area (Å²) >= 11 is 0. The maximum absolute atomic E-state index is 12.5. The zero-order valence-electron chi connectivity index (χ0n) is 22.4. The highest BCUT2D eigenvalue weighted by molar-refractivity contribution is 7.97. The number of hydrogen-bond donors (Lipinski definition) is 1. The molecule has 2 saturated carbocycles. The van der Waals surface area contributed by atoms with E-state index in [1.807, 2.05) is 13.0 Å². The van der Waals surface area contributed by atoms with Crippen LogP contribution in [0.5, 0.6) is 17.2 Å². The Kier molecular flexibility index (Phi) is 7.13. The van der Waals surface area contributed by atoms with Gasteiger partial charge in [0.05, 0.1) is 7.11 Å². The molecule has 0 bridgehead atoms. The Bertz CT molecular complexity index is 1280. The predicted octanol–water partition coefficient (Wildman–Crippen LogP) is 9.00. The first-order chi connectivity index (χ1) is 18.5. The molecule has 1 N–H and O–H groups in total. The molecule has 0 radical (unpaired) electrons. The standard InChI is InChI=1S/C33H36O4S/c1-21-17-32(26(33(34)35)20-27(21)36-2)38-30-15-13-24(22-9-5-3-6-10-22)18-28(30)37-29-19-25(14-16-31(29)38)23-11-7-4-8-12-23/h13-20,22-23H,3-12H2,1-2H3/p+1. The Morgan fingerprint density at radius 1 is 0.789 bits per heavy atom. The second-order valence-corrected chi connectivity index (χ2v) is 13.0. The second kappa shape index (κ2) is 10.7. The van der Waals surface area contributed by atoms with Gasteiger partial charge in [0.15, 0.2) is 16.4 Å². The van der Waals surface area contributed by atoms with Crippen molar-refractivity contribution < 1.29 is 19.4 Å². The summed E-state index contributed by atoms with van der Waals surface area (Å²) in [7, 11) is 0.993. The Morgan fingerprint density at radius 2 is 1.32 bits per heavy atom. The molecule has 3 aromatic carbocycles. The molecular formula is C33H37O4S+. The van der Waals surface area contributed by atoms with Crippen molar-refractivity contribution >= 4 is 16.9 Å². The van der Waals surface area contributed by atoms with Gasteiger partial charge in [-0.1, -0.05) is 50.7 Å². The summed E-state index contributed by atoms with van der Waals surface area (Å²) in [6.45, 7) is 1.98. The van der Waals surface area contributed by atoms with Crippen LogP contribution >= 0.6 is 0 Å². The highest BCUT2D eigenvalue weighted by atomic mass is 32.2. The zero-order chi connectivity index (χ0) is 26.2. The number of aromatic carboxylic acids is 1. The molecule has 38 heavy (non-hydrogen) atoms. The van der Waals surface area contributed by atoms with E-state index in [-0.39, 0.29) is 0 Å². The van der Waals surface area contributed by atoms with Gasteiger partial charge < -0.3 is 14.6 Å². The Morgan fingerprint density at radius 3 is 1.79 bits per heavy atom. The molecule has 1 aliphatic heterocycles. The van der Waals surface area contributed by atoms with Crippen LogP contribution in [0, 0.1) is 6.92 Å². The number of methoxy groups -OCH3 is 1. The molecule has 0 aromatic heterocycles. The number of hydrogen-bond acceptors (Lipinski definition) is 3. The predicted molar refractivity (Wildman–Crippen MR) is 151 cm³/mol. The zero-order valence-corrected chi connectivity index (χ0v) is 23.2. The molecule has 4 nitrogen and oxygen atoms in total. The van der Waals surface area contributed by atoms with Gasteiger partial charge in [0.25, 0.3) is 0 Å². The highest BCUT2D eigenvalue weighted by Crippen LogP contribution is 2.51. The van der Waals surface area contributed by atoms with Crippen LogP contribution in [0.3, 0.4) is 0 Å². The molecule has 0 unspecified atom stereocenters. The van der Waals surface area contributed by atoms with E-state index in [4.69, 9.17) is 9.47 Å². The van der Waals surface area contributed by atoms with E-state index in [9.17, 15) is 9.90 Å². The molecule has 2 fully saturated rings. The summed E-state index contributed by atoms with van der Waals surface area (Å²) in [5.41, 5.74) is 3.93. The molecule has 5 heteroatoms. The van der Waals surface area contributed by atoms with Gasteiger partial charge in [0.1, 0.15) is 22.2 Å². The van der Waals surface area contributed by atoms with E-state index in [1.165, 1.54) is 75.3 Å². The molecule has 3 aliphatic rings. The molecule has 2 aliphatic carbocycles. The van der Waals surface area contributed by atoms with Gasteiger partial charge in [-0.25, -0.2) is 4.79 Å². The lowest BCUT2D eigenvalue weighted by Gasteiger charge is -2.27. The second-order valence-electron chi connectivity index (χ2n) is 11.1. The van der Waals surface area contributed by atoms with Crippen LogP contribution in [0.4, 0.5) is 0 Å². The third kappa shape index (κ3) is 4.70. The van der Waals surface area contributed by atoms with Gasteiger partial charge in [-0.05, 0) is 85.4 Å². The monoisotopic (exact) mass is 529 g/mol. The molecule has 3 aromatic rings. The van der Waals surface area contributed by atoms with Crippen molar-refractivity contribution in [2.75, 3.05) is 7.11 Å². The fourth-order valence-electron chi connectivity index (χ4n) is 6.62. The van der Waals surface area contributed by atoms with E-state index in [2.05, 4.69) is 36.4 Å². The number of carbonyl (C=O) groups is 1. The van der Waals surface area contributed by atoms with Gasteiger partial charge in [0, 0.05) is 12.1 Å². The van der Waals surface area contributed by atoms with E-state index in [1.54, 1.807) is 13.2 Å². The largest absolute Gasteiger partial charge is 0.496 e. The smallest absolute Gasteiger partial charge is 0.340 e. The number of carboxylic acid groups (broad SMARTS) is 1. The molecule has 0 saturated heterocycles. The quantitative estimate of drug-likeness (QED) is 0.262. The molecule has 1 heterocycles. The number of aryl methyl sites for hydroxylation is 1. The van der Waals surface area contributed by atoms with Crippen LogP contribution in [0.1, 0.15) is 103 Å². The number of rotatable bonds is 5. The van der Waals surface area contributed by atoms with Crippen molar-refractivity contribution in [3.63, 3.8) is 0 Å². The lowest BCUT2D eigenvalue weighted by Crippen LogP contribution is -2.17. The van der Waals surface area contributed by atoms with Crippen molar-refractivity contribution in [2.45, 2.75) is 97.7 Å². The van der Waals surface area contributed by atoms with Crippen LogP contribution in [0.15, 0.2) is 63.2 Å². The van der Waals surface area contributed by atoms with E-state index in [0.717, 1.165) is 31.7 Å². The van der Waals surface area contributed by atoms with E-state index >= 15 is 0 Å². The number of carboxylic acids is 1. The van der Waals surface area contributed by atoms with Crippen LogP contribution in [-0.2, 0) is 10.9 Å².